The van der Waals surface area contributed by atoms with E-state index in [0.29, 0.717) is 6.61 Å². The first-order valence-electron chi connectivity index (χ1n) is 6.38. The number of aliphatic hydroxyl groups is 1. The first kappa shape index (κ1) is 15.4. The molecule has 0 rings (SSSR count). The molecule has 0 bridgehead atoms. The van der Waals surface area contributed by atoms with Crippen molar-refractivity contribution in [3.63, 3.8) is 0 Å². The lowest BCUT2D eigenvalue weighted by Crippen LogP contribution is -2.37. The predicted octanol–water partition coefficient (Wildman–Crippen LogP) is 4.12. The summed E-state index contributed by atoms with van der Waals surface area (Å²) in [5.74, 6) is 0. The Morgan fingerprint density at radius 2 is 1.33 bits per heavy atom. The fourth-order valence-electron chi connectivity index (χ4n) is 2.59. The van der Waals surface area contributed by atoms with Gasteiger partial charge in [-0.2, -0.15) is 0 Å². The van der Waals surface area contributed by atoms with Crippen LogP contribution in [0.5, 0.6) is 0 Å². The SMILES string of the molecule is C[Si](C)(C)C[Si](C)(C)CCCCCCO. The predicted molar refractivity (Wildman–Crippen MR) is 76.0 cm³/mol. The zero-order valence-corrected chi connectivity index (χ0v) is 13.4. The standard InChI is InChI=1S/C12H30OSi2/c1-14(2,3)12-15(4,5)11-9-7-6-8-10-13/h13H,6-12H2,1-5H3. The number of rotatable bonds is 8. The van der Waals surface area contributed by atoms with Crippen molar-refractivity contribution in [3.05, 3.63) is 0 Å². The third-order valence-corrected chi connectivity index (χ3v) is 12.5. The monoisotopic (exact) mass is 246 g/mol. The molecule has 0 aliphatic rings. The first-order chi connectivity index (χ1) is 6.77. The van der Waals surface area contributed by atoms with Crippen molar-refractivity contribution in [1.82, 2.24) is 0 Å². The van der Waals surface area contributed by atoms with E-state index in [1.165, 1.54) is 25.3 Å². The highest BCUT2D eigenvalue weighted by Crippen LogP contribution is 2.25. The third-order valence-electron chi connectivity index (χ3n) is 2.77. The van der Waals surface area contributed by atoms with Gasteiger partial charge in [-0.05, 0) is 6.42 Å². The highest BCUT2D eigenvalue weighted by molar-refractivity contribution is 6.94. The Labute approximate surface area is 98.3 Å². The molecule has 0 fully saturated rings. The van der Waals surface area contributed by atoms with E-state index in [2.05, 4.69) is 32.7 Å². The van der Waals surface area contributed by atoms with Gasteiger partial charge in [0.05, 0.1) is 0 Å². The molecule has 1 N–H and O–H groups in total. The molecule has 0 aromatic heterocycles. The molecule has 0 spiro atoms. The summed E-state index contributed by atoms with van der Waals surface area (Å²) in [5, 5.41) is 8.69. The van der Waals surface area contributed by atoms with Crippen LogP contribution in [-0.2, 0) is 0 Å². The Hall–Kier alpha value is 0.394. The van der Waals surface area contributed by atoms with Crippen molar-refractivity contribution >= 4 is 16.1 Å². The summed E-state index contributed by atoms with van der Waals surface area (Å²) in [6.45, 7) is 13.0. The molecule has 0 heterocycles. The van der Waals surface area contributed by atoms with E-state index in [0.717, 1.165) is 6.42 Å². The molecule has 0 unspecified atom stereocenters. The summed E-state index contributed by atoms with van der Waals surface area (Å²) in [4.78, 5) is 0. The molecule has 1 nitrogen and oxygen atoms in total. The van der Waals surface area contributed by atoms with Gasteiger partial charge in [0.2, 0.25) is 0 Å². The van der Waals surface area contributed by atoms with Crippen LogP contribution in [-0.4, -0.2) is 27.9 Å². The Bertz CT molecular complexity index is 161. The van der Waals surface area contributed by atoms with Crippen LogP contribution in [0.3, 0.4) is 0 Å². The summed E-state index contributed by atoms with van der Waals surface area (Å²) < 4.78 is 0. The van der Waals surface area contributed by atoms with E-state index in [-0.39, 0.29) is 0 Å². The maximum Gasteiger partial charge on any atom is 0.0447 e. The van der Waals surface area contributed by atoms with Gasteiger partial charge in [-0.25, -0.2) is 0 Å². The van der Waals surface area contributed by atoms with Crippen LogP contribution in [0.15, 0.2) is 0 Å². The van der Waals surface area contributed by atoms with E-state index in [1.54, 1.807) is 5.67 Å². The van der Waals surface area contributed by atoms with Crippen molar-refractivity contribution in [1.29, 1.82) is 0 Å². The minimum atomic E-state index is -0.900. The van der Waals surface area contributed by atoms with E-state index in [4.69, 9.17) is 5.11 Å². The third kappa shape index (κ3) is 10.7. The van der Waals surface area contributed by atoms with Crippen LogP contribution in [0.2, 0.25) is 44.4 Å². The van der Waals surface area contributed by atoms with Crippen LogP contribution in [0.25, 0.3) is 0 Å². The van der Waals surface area contributed by atoms with Crippen molar-refractivity contribution in [2.75, 3.05) is 6.61 Å². The second kappa shape index (κ2) is 6.87. The van der Waals surface area contributed by atoms with Crippen LogP contribution in [0, 0.1) is 0 Å². The van der Waals surface area contributed by atoms with Gasteiger partial charge in [-0.1, -0.05) is 63.7 Å². The number of unbranched alkanes of at least 4 members (excludes halogenated alkanes) is 3. The largest absolute Gasteiger partial charge is 0.396 e. The van der Waals surface area contributed by atoms with Crippen LogP contribution >= 0.6 is 0 Å². The zero-order valence-electron chi connectivity index (χ0n) is 11.4. The van der Waals surface area contributed by atoms with Gasteiger partial charge in [-0.3, -0.25) is 0 Å². The van der Waals surface area contributed by atoms with E-state index < -0.39 is 16.1 Å². The molecular formula is C12H30OSi2. The number of hydrogen-bond donors (Lipinski definition) is 1. The number of aliphatic hydroxyl groups excluding tert-OH is 1. The molecule has 0 aromatic rings. The summed E-state index contributed by atoms with van der Waals surface area (Å²) in [6, 6.07) is 1.49. The minimum Gasteiger partial charge on any atom is -0.396 e. The van der Waals surface area contributed by atoms with Gasteiger partial charge < -0.3 is 5.11 Å². The topological polar surface area (TPSA) is 20.2 Å². The summed E-state index contributed by atoms with van der Waals surface area (Å²) in [7, 11) is -1.75. The van der Waals surface area contributed by atoms with Gasteiger partial charge >= 0.3 is 0 Å². The Morgan fingerprint density at radius 3 is 1.80 bits per heavy atom. The average Bonchev–Trinajstić information content (AvgIpc) is 1.99. The van der Waals surface area contributed by atoms with Crippen molar-refractivity contribution in [2.24, 2.45) is 0 Å². The maximum atomic E-state index is 8.69. The van der Waals surface area contributed by atoms with Gasteiger partial charge in [0.15, 0.2) is 0 Å². The van der Waals surface area contributed by atoms with Gasteiger partial charge in [0, 0.05) is 22.8 Å². The summed E-state index contributed by atoms with van der Waals surface area (Å²) in [6.07, 6.45) is 4.93. The van der Waals surface area contributed by atoms with Crippen molar-refractivity contribution in [2.45, 2.75) is 70.1 Å². The summed E-state index contributed by atoms with van der Waals surface area (Å²) in [5.41, 5.74) is 1.57. The normalized spacial score (nSPS) is 13.2. The van der Waals surface area contributed by atoms with Gasteiger partial charge in [0.25, 0.3) is 0 Å². The van der Waals surface area contributed by atoms with Crippen LogP contribution < -0.4 is 0 Å². The molecule has 0 saturated heterocycles. The van der Waals surface area contributed by atoms with Gasteiger partial charge in [-0.15, -0.1) is 0 Å². The van der Waals surface area contributed by atoms with Crippen molar-refractivity contribution in [3.8, 4) is 0 Å². The molecule has 15 heavy (non-hydrogen) atoms. The molecule has 0 aromatic carbocycles. The average molecular weight is 247 g/mol. The van der Waals surface area contributed by atoms with E-state index in [9.17, 15) is 0 Å². The van der Waals surface area contributed by atoms with Crippen LogP contribution in [0.1, 0.15) is 25.7 Å². The minimum absolute atomic E-state index is 0.371. The molecule has 0 radical (unpaired) electrons. The lowest BCUT2D eigenvalue weighted by molar-refractivity contribution is 0.283. The maximum absolute atomic E-state index is 8.69. The fraction of sp³-hybridized carbons (Fsp3) is 1.00. The Balaban J connectivity index is 3.65. The lowest BCUT2D eigenvalue weighted by Gasteiger charge is -2.29. The molecule has 0 atom stereocenters. The molecular weight excluding hydrogens is 216 g/mol. The highest BCUT2D eigenvalue weighted by atomic mass is 28.4. The second-order valence-electron chi connectivity index (χ2n) is 6.79. The molecule has 0 aliphatic heterocycles. The quantitative estimate of drug-likeness (QED) is 0.504. The number of hydrogen-bond acceptors (Lipinski definition) is 1. The van der Waals surface area contributed by atoms with Crippen LogP contribution in [0.4, 0.5) is 0 Å². The highest BCUT2D eigenvalue weighted by Gasteiger charge is 2.27. The van der Waals surface area contributed by atoms with E-state index >= 15 is 0 Å². The molecule has 0 amide bonds. The summed E-state index contributed by atoms with van der Waals surface area (Å²) >= 11 is 0. The molecule has 3 heteroatoms. The zero-order chi connectivity index (χ0) is 11.9. The van der Waals surface area contributed by atoms with Gasteiger partial charge in [0.1, 0.15) is 0 Å². The molecule has 92 valence electrons. The molecule has 0 aliphatic carbocycles. The molecule has 0 saturated carbocycles. The fourth-order valence-corrected chi connectivity index (χ4v) is 16.0. The smallest absolute Gasteiger partial charge is 0.0447 e. The Kier molecular flexibility index (Phi) is 7.05. The Morgan fingerprint density at radius 1 is 0.800 bits per heavy atom. The van der Waals surface area contributed by atoms with Crippen molar-refractivity contribution < 1.29 is 5.11 Å². The lowest BCUT2D eigenvalue weighted by atomic mass is 10.2. The second-order valence-corrected chi connectivity index (χ2v) is 18.2. The first-order valence-corrected chi connectivity index (χ1v) is 13.5. The van der Waals surface area contributed by atoms with E-state index in [1.807, 2.05) is 0 Å².